The lowest BCUT2D eigenvalue weighted by Gasteiger charge is -2.38. The van der Waals surface area contributed by atoms with Gasteiger partial charge in [0, 0.05) is 39.3 Å². The molecule has 1 rings (SSSR count). The van der Waals surface area contributed by atoms with Crippen molar-refractivity contribution in [3.8, 4) is 0 Å². The first-order valence-electron chi connectivity index (χ1n) is 7.12. The molecule has 1 fully saturated rings. The average molecular weight is 283 g/mol. The van der Waals surface area contributed by atoms with E-state index in [1.54, 1.807) is 22.8 Å². The quantitative estimate of drug-likeness (QED) is 0.741. The van der Waals surface area contributed by atoms with Crippen LogP contribution in [0.25, 0.3) is 0 Å². The molecule has 1 atom stereocenters. The van der Waals surface area contributed by atoms with E-state index in [4.69, 9.17) is 5.11 Å². The van der Waals surface area contributed by atoms with Crippen LogP contribution in [0.1, 0.15) is 20.3 Å². The molecule has 1 aliphatic heterocycles. The smallest absolute Gasteiger partial charge is 0.320 e. The van der Waals surface area contributed by atoms with Gasteiger partial charge in [0.05, 0.1) is 0 Å². The molecule has 0 aromatic carbocycles. The molecule has 20 heavy (non-hydrogen) atoms. The molecular formula is C14H25N3O3. The van der Waals surface area contributed by atoms with E-state index in [1.165, 1.54) is 0 Å². The van der Waals surface area contributed by atoms with Gasteiger partial charge >= 0.3 is 12.0 Å². The first-order valence-corrected chi connectivity index (χ1v) is 7.12. The fourth-order valence-electron chi connectivity index (χ4n) is 2.35. The Kier molecular flexibility index (Phi) is 6.51. The van der Waals surface area contributed by atoms with Gasteiger partial charge in [0.1, 0.15) is 6.04 Å². The predicted octanol–water partition coefficient (Wildman–Crippen LogP) is 1.10. The molecule has 0 aromatic heterocycles. The summed E-state index contributed by atoms with van der Waals surface area (Å²) in [6.45, 7) is 11.0. The zero-order valence-electron chi connectivity index (χ0n) is 12.4. The summed E-state index contributed by atoms with van der Waals surface area (Å²) in [4.78, 5) is 28.8. The van der Waals surface area contributed by atoms with Gasteiger partial charge in [-0.3, -0.25) is 9.69 Å². The Hall–Kier alpha value is -1.56. The minimum Gasteiger partial charge on any atom is -0.480 e. The Morgan fingerprint density at radius 3 is 2.40 bits per heavy atom. The van der Waals surface area contributed by atoms with Gasteiger partial charge in [-0.05, 0) is 13.3 Å². The van der Waals surface area contributed by atoms with E-state index in [9.17, 15) is 9.59 Å². The van der Waals surface area contributed by atoms with Crippen molar-refractivity contribution in [3.05, 3.63) is 12.7 Å². The normalized spacial score (nSPS) is 17.6. The molecule has 1 heterocycles. The highest BCUT2D eigenvalue weighted by Crippen LogP contribution is 2.09. The SMILES string of the molecule is C=CCN(CCC)C(=O)N1CCN(C(C)C(=O)O)CC1. The lowest BCUT2D eigenvalue weighted by Crippen LogP contribution is -2.55. The molecule has 0 saturated carbocycles. The minimum atomic E-state index is -0.816. The van der Waals surface area contributed by atoms with Crippen LogP contribution in [0.2, 0.25) is 0 Å². The molecule has 0 aromatic rings. The highest BCUT2D eigenvalue weighted by molar-refractivity contribution is 5.75. The molecule has 6 nitrogen and oxygen atoms in total. The average Bonchev–Trinajstić information content (AvgIpc) is 2.45. The fourth-order valence-corrected chi connectivity index (χ4v) is 2.35. The monoisotopic (exact) mass is 283 g/mol. The van der Waals surface area contributed by atoms with E-state index in [0.29, 0.717) is 32.7 Å². The van der Waals surface area contributed by atoms with Crippen molar-refractivity contribution in [1.82, 2.24) is 14.7 Å². The lowest BCUT2D eigenvalue weighted by molar-refractivity contribution is -0.143. The first-order chi connectivity index (χ1) is 9.51. The number of rotatable bonds is 6. The van der Waals surface area contributed by atoms with Crippen LogP contribution in [0.5, 0.6) is 0 Å². The molecule has 114 valence electrons. The van der Waals surface area contributed by atoms with Crippen molar-refractivity contribution in [1.29, 1.82) is 0 Å². The summed E-state index contributed by atoms with van der Waals surface area (Å²) in [5, 5.41) is 9.00. The summed E-state index contributed by atoms with van der Waals surface area (Å²) >= 11 is 0. The van der Waals surface area contributed by atoms with Gasteiger partial charge < -0.3 is 14.9 Å². The van der Waals surface area contributed by atoms with Crippen LogP contribution in [-0.4, -0.2) is 77.1 Å². The molecule has 1 N–H and O–H groups in total. The Morgan fingerprint density at radius 1 is 1.35 bits per heavy atom. The fraction of sp³-hybridized carbons (Fsp3) is 0.714. The van der Waals surface area contributed by atoms with Crippen LogP contribution in [0.15, 0.2) is 12.7 Å². The number of carboxylic acids is 1. The Labute approximate surface area is 120 Å². The zero-order chi connectivity index (χ0) is 15.1. The van der Waals surface area contributed by atoms with Gasteiger partial charge in [-0.2, -0.15) is 0 Å². The van der Waals surface area contributed by atoms with Crippen molar-refractivity contribution < 1.29 is 14.7 Å². The minimum absolute atomic E-state index is 0.0226. The largest absolute Gasteiger partial charge is 0.480 e. The number of carbonyl (C=O) groups is 2. The molecule has 1 aliphatic rings. The number of carboxylic acid groups (broad SMARTS) is 1. The van der Waals surface area contributed by atoms with Crippen molar-refractivity contribution in [3.63, 3.8) is 0 Å². The number of carbonyl (C=O) groups excluding carboxylic acids is 1. The zero-order valence-corrected chi connectivity index (χ0v) is 12.4. The number of hydrogen-bond acceptors (Lipinski definition) is 3. The van der Waals surface area contributed by atoms with E-state index >= 15 is 0 Å². The third kappa shape index (κ3) is 4.23. The Morgan fingerprint density at radius 2 is 1.95 bits per heavy atom. The summed E-state index contributed by atoms with van der Waals surface area (Å²) in [5.74, 6) is -0.816. The van der Waals surface area contributed by atoms with Crippen molar-refractivity contribution in [2.45, 2.75) is 26.3 Å². The van der Waals surface area contributed by atoms with Crippen molar-refractivity contribution in [2.75, 3.05) is 39.3 Å². The van der Waals surface area contributed by atoms with Crippen LogP contribution >= 0.6 is 0 Å². The lowest BCUT2D eigenvalue weighted by atomic mass is 10.2. The van der Waals surface area contributed by atoms with Crippen LogP contribution in [-0.2, 0) is 4.79 Å². The van der Waals surface area contributed by atoms with E-state index in [2.05, 4.69) is 6.58 Å². The molecule has 0 spiro atoms. The van der Waals surface area contributed by atoms with Gasteiger partial charge in [0.2, 0.25) is 0 Å². The van der Waals surface area contributed by atoms with Gasteiger partial charge in [0.25, 0.3) is 0 Å². The van der Waals surface area contributed by atoms with Gasteiger partial charge in [-0.25, -0.2) is 4.79 Å². The summed E-state index contributed by atoms with van der Waals surface area (Å²) in [6.07, 6.45) is 2.64. The maximum atomic E-state index is 12.4. The number of piperazine rings is 1. The van der Waals surface area contributed by atoms with Crippen LogP contribution in [0.4, 0.5) is 4.79 Å². The second kappa shape index (κ2) is 7.89. The highest BCUT2D eigenvalue weighted by atomic mass is 16.4. The molecular weight excluding hydrogens is 258 g/mol. The van der Waals surface area contributed by atoms with Gasteiger partial charge in [0.15, 0.2) is 0 Å². The summed E-state index contributed by atoms with van der Waals surface area (Å²) in [7, 11) is 0. The maximum absolute atomic E-state index is 12.4. The van der Waals surface area contributed by atoms with E-state index in [1.807, 2.05) is 11.8 Å². The molecule has 0 radical (unpaired) electrons. The third-order valence-corrected chi connectivity index (χ3v) is 3.60. The van der Waals surface area contributed by atoms with E-state index in [0.717, 1.165) is 13.0 Å². The second-order valence-corrected chi connectivity index (χ2v) is 5.05. The number of amides is 2. The Bertz CT molecular complexity index is 352. The van der Waals surface area contributed by atoms with E-state index < -0.39 is 12.0 Å². The topological polar surface area (TPSA) is 64.1 Å². The van der Waals surface area contributed by atoms with Crippen molar-refractivity contribution in [2.24, 2.45) is 0 Å². The standard InChI is InChI=1S/C14H25N3O3/c1-4-6-16(7-5-2)14(20)17-10-8-15(9-11-17)12(3)13(18)19/h4,12H,1,5-11H2,2-3H3,(H,18,19). The maximum Gasteiger partial charge on any atom is 0.320 e. The predicted molar refractivity (Wildman–Crippen MR) is 77.7 cm³/mol. The molecule has 0 aliphatic carbocycles. The number of urea groups is 1. The Balaban J connectivity index is 2.53. The molecule has 6 heteroatoms. The van der Waals surface area contributed by atoms with Gasteiger partial charge in [-0.15, -0.1) is 6.58 Å². The number of nitrogens with zero attached hydrogens (tertiary/aromatic N) is 3. The number of aliphatic carboxylic acids is 1. The third-order valence-electron chi connectivity index (χ3n) is 3.60. The summed E-state index contributed by atoms with van der Waals surface area (Å²) in [5.41, 5.74) is 0. The van der Waals surface area contributed by atoms with Crippen LogP contribution in [0, 0.1) is 0 Å². The van der Waals surface area contributed by atoms with Gasteiger partial charge in [-0.1, -0.05) is 13.0 Å². The van der Waals surface area contributed by atoms with Crippen molar-refractivity contribution >= 4 is 12.0 Å². The summed E-state index contributed by atoms with van der Waals surface area (Å²) < 4.78 is 0. The molecule has 2 amide bonds. The first kappa shape index (κ1) is 16.5. The summed E-state index contributed by atoms with van der Waals surface area (Å²) in [6, 6.07) is -0.471. The molecule has 1 saturated heterocycles. The highest BCUT2D eigenvalue weighted by Gasteiger charge is 2.28. The molecule has 0 bridgehead atoms. The van der Waals surface area contributed by atoms with Crippen LogP contribution < -0.4 is 0 Å². The van der Waals surface area contributed by atoms with E-state index in [-0.39, 0.29) is 6.03 Å². The second-order valence-electron chi connectivity index (χ2n) is 5.05. The number of hydrogen-bond donors (Lipinski definition) is 1. The molecule has 1 unspecified atom stereocenters. The van der Waals surface area contributed by atoms with Crippen LogP contribution in [0.3, 0.4) is 0 Å².